The fourth-order valence-electron chi connectivity index (χ4n) is 1.79. The van der Waals surface area contributed by atoms with Crippen molar-refractivity contribution in [1.82, 2.24) is 4.98 Å². The predicted octanol–water partition coefficient (Wildman–Crippen LogP) is 3.79. The van der Waals surface area contributed by atoms with Gasteiger partial charge in [-0.25, -0.2) is 4.98 Å². The maximum atomic E-state index is 11.9. The maximum absolute atomic E-state index is 11.9. The minimum atomic E-state index is -0.231. The number of benzene rings is 1. The first kappa shape index (κ1) is 15.5. The van der Waals surface area contributed by atoms with Crippen LogP contribution in [0.2, 0.25) is 0 Å². The lowest BCUT2D eigenvalue weighted by atomic mass is 10.1. The number of rotatable bonds is 4. The van der Waals surface area contributed by atoms with Crippen LogP contribution in [0.25, 0.3) is 0 Å². The molecule has 0 radical (unpaired) electrons. The van der Waals surface area contributed by atoms with E-state index >= 15 is 0 Å². The van der Waals surface area contributed by atoms with E-state index < -0.39 is 0 Å². The number of aryl methyl sites for hydroxylation is 3. The number of carbonyl (C=O) groups is 1. The summed E-state index contributed by atoms with van der Waals surface area (Å²) in [5.74, 6) is 1.01. The Kier molecular flexibility index (Phi) is 4.96. The number of amides is 1. The standard InChI is InChI=1S/C16H17BrN2O2/c1-10-4-5-11(2)14(6-10)21-9-16(20)19-15-7-12(3)13(17)8-18-15/h4-8H,9H2,1-3H3,(H,18,19,20). The van der Waals surface area contributed by atoms with Crippen LogP contribution < -0.4 is 10.1 Å². The molecule has 0 atom stereocenters. The van der Waals surface area contributed by atoms with Gasteiger partial charge in [-0.15, -0.1) is 0 Å². The molecular formula is C16H17BrN2O2. The van der Waals surface area contributed by atoms with E-state index in [9.17, 15) is 4.79 Å². The highest BCUT2D eigenvalue weighted by molar-refractivity contribution is 9.10. The minimum Gasteiger partial charge on any atom is -0.483 e. The highest BCUT2D eigenvalue weighted by Gasteiger charge is 2.07. The molecular weight excluding hydrogens is 332 g/mol. The van der Waals surface area contributed by atoms with E-state index in [0.29, 0.717) is 5.82 Å². The molecule has 0 unspecified atom stereocenters. The fourth-order valence-corrected chi connectivity index (χ4v) is 2.01. The molecule has 0 bridgehead atoms. The summed E-state index contributed by atoms with van der Waals surface area (Å²) < 4.78 is 6.47. The Morgan fingerprint density at radius 1 is 1.24 bits per heavy atom. The summed E-state index contributed by atoms with van der Waals surface area (Å²) in [5.41, 5.74) is 3.11. The number of pyridine rings is 1. The van der Waals surface area contributed by atoms with Gasteiger partial charge in [-0.1, -0.05) is 12.1 Å². The minimum absolute atomic E-state index is 0.0406. The molecule has 0 aliphatic rings. The van der Waals surface area contributed by atoms with Gasteiger partial charge in [-0.05, 0) is 65.5 Å². The van der Waals surface area contributed by atoms with Crippen LogP contribution in [0, 0.1) is 20.8 Å². The van der Waals surface area contributed by atoms with Crippen LogP contribution in [0.1, 0.15) is 16.7 Å². The number of nitrogens with one attached hydrogen (secondary N) is 1. The molecule has 1 aromatic carbocycles. The first-order valence-electron chi connectivity index (χ1n) is 6.58. The Bertz CT molecular complexity index is 671. The van der Waals surface area contributed by atoms with Crippen molar-refractivity contribution >= 4 is 27.7 Å². The van der Waals surface area contributed by atoms with Crippen LogP contribution in [0.3, 0.4) is 0 Å². The van der Waals surface area contributed by atoms with Gasteiger partial charge >= 0.3 is 0 Å². The molecule has 21 heavy (non-hydrogen) atoms. The van der Waals surface area contributed by atoms with Crippen LogP contribution in [-0.4, -0.2) is 17.5 Å². The molecule has 2 rings (SSSR count). The lowest BCUT2D eigenvalue weighted by Gasteiger charge is -2.10. The largest absolute Gasteiger partial charge is 0.483 e. The quantitative estimate of drug-likeness (QED) is 0.914. The van der Waals surface area contributed by atoms with E-state index in [0.717, 1.165) is 26.9 Å². The summed E-state index contributed by atoms with van der Waals surface area (Å²) in [6, 6.07) is 7.71. The molecule has 110 valence electrons. The zero-order chi connectivity index (χ0) is 15.4. The van der Waals surface area contributed by atoms with Crippen molar-refractivity contribution < 1.29 is 9.53 Å². The second kappa shape index (κ2) is 6.72. The van der Waals surface area contributed by atoms with Crippen molar-refractivity contribution in [3.05, 3.63) is 51.6 Å². The van der Waals surface area contributed by atoms with E-state index in [1.807, 2.05) is 39.0 Å². The van der Waals surface area contributed by atoms with E-state index in [1.165, 1.54) is 0 Å². The molecule has 2 aromatic rings. The van der Waals surface area contributed by atoms with Crippen LogP contribution in [0.15, 0.2) is 34.9 Å². The van der Waals surface area contributed by atoms with Crippen molar-refractivity contribution in [1.29, 1.82) is 0 Å². The summed E-state index contributed by atoms with van der Waals surface area (Å²) in [4.78, 5) is 16.0. The first-order valence-corrected chi connectivity index (χ1v) is 7.37. The zero-order valence-corrected chi connectivity index (χ0v) is 13.8. The van der Waals surface area contributed by atoms with E-state index in [4.69, 9.17) is 4.74 Å². The van der Waals surface area contributed by atoms with Gasteiger partial charge in [0.2, 0.25) is 0 Å². The predicted molar refractivity (Wildman–Crippen MR) is 86.7 cm³/mol. The Morgan fingerprint density at radius 2 is 2.00 bits per heavy atom. The SMILES string of the molecule is Cc1ccc(C)c(OCC(=O)Nc2cc(C)c(Br)cn2)c1. The maximum Gasteiger partial charge on any atom is 0.263 e. The number of halogens is 1. The van der Waals surface area contributed by atoms with E-state index in [2.05, 4.69) is 26.2 Å². The van der Waals surface area contributed by atoms with Gasteiger partial charge < -0.3 is 10.1 Å². The fraction of sp³-hybridized carbons (Fsp3) is 0.250. The molecule has 0 saturated carbocycles. The molecule has 0 saturated heterocycles. The molecule has 0 spiro atoms. The molecule has 0 fully saturated rings. The van der Waals surface area contributed by atoms with Crippen LogP contribution in [-0.2, 0) is 4.79 Å². The average molecular weight is 349 g/mol. The number of aromatic nitrogens is 1. The third-order valence-electron chi connectivity index (χ3n) is 3.02. The topological polar surface area (TPSA) is 51.2 Å². The van der Waals surface area contributed by atoms with Crippen molar-refractivity contribution in [2.24, 2.45) is 0 Å². The second-order valence-corrected chi connectivity index (χ2v) is 5.78. The Labute approximate surface area is 132 Å². The zero-order valence-electron chi connectivity index (χ0n) is 12.2. The van der Waals surface area contributed by atoms with Gasteiger partial charge in [0.15, 0.2) is 6.61 Å². The number of ether oxygens (including phenoxy) is 1. The molecule has 0 aliphatic carbocycles. The Balaban J connectivity index is 1.95. The van der Waals surface area contributed by atoms with Gasteiger partial charge in [0.1, 0.15) is 11.6 Å². The van der Waals surface area contributed by atoms with Gasteiger partial charge in [0.05, 0.1) is 0 Å². The van der Waals surface area contributed by atoms with Gasteiger partial charge in [0, 0.05) is 10.7 Å². The molecule has 5 heteroatoms. The molecule has 1 amide bonds. The molecule has 4 nitrogen and oxygen atoms in total. The van der Waals surface area contributed by atoms with E-state index in [1.54, 1.807) is 12.3 Å². The number of nitrogens with zero attached hydrogens (tertiary/aromatic N) is 1. The third-order valence-corrected chi connectivity index (χ3v) is 3.85. The highest BCUT2D eigenvalue weighted by atomic mass is 79.9. The molecule has 1 N–H and O–H groups in total. The van der Waals surface area contributed by atoms with Crippen molar-refractivity contribution in [2.75, 3.05) is 11.9 Å². The lowest BCUT2D eigenvalue weighted by molar-refractivity contribution is -0.118. The molecule has 0 aliphatic heterocycles. The van der Waals surface area contributed by atoms with Crippen molar-refractivity contribution in [3.63, 3.8) is 0 Å². The van der Waals surface area contributed by atoms with Crippen molar-refractivity contribution in [3.8, 4) is 5.75 Å². The highest BCUT2D eigenvalue weighted by Crippen LogP contribution is 2.19. The monoisotopic (exact) mass is 348 g/mol. The third kappa shape index (κ3) is 4.29. The number of hydrogen-bond acceptors (Lipinski definition) is 3. The normalized spacial score (nSPS) is 10.3. The number of hydrogen-bond donors (Lipinski definition) is 1. The number of carbonyl (C=O) groups excluding carboxylic acids is 1. The second-order valence-electron chi connectivity index (χ2n) is 4.92. The van der Waals surface area contributed by atoms with Gasteiger partial charge in [-0.3, -0.25) is 4.79 Å². The van der Waals surface area contributed by atoms with E-state index in [-0.39, 0.29) is 12.5 Å². The summed E-state index contributed by atoms with van der Waals surface area (Å²) >= 11 is 3.37. The summed E-state index contributed by atoms with van der Waals surface area (Å²) in [6.45, 7) is 5.84. The summed E-state index contributed by atoms with van der Waals surface area (Å²) in [6.07, 6.45) is 1.66. The lowest BCUT2D eigenvalue weighted by Crippen LogP contribution is -2.21. The van der Waals surface area contributed by atoms with Crippen LogP contribution in [0.4, 0.5) is 5.82 Å². The summed E-state index contributed by atoms with van der Waals surface area (Å²) in [7, 11) is 0. The average Bonchev–Trinajstić information content (AvgIpc) is 2.44. The Morgan fingerprint density at radius 3 is 2.71 bits per heavy atom. The van der Waals surface area contributed by atoms with Crippen molar-refractivity contribution in [2.45, 2.75) is 20.8 Å². The van der Waals surface area contributed by atoms with Gasteiger partial charge in [0.25, 0.3) is 5.91 Å². The van der Waals surface area contributed by atoms with Crippen LogP contribution in [0.5, 0.6) is 5.75 Å². The Hall–Kier alpha value is -1.88. The smallest absolute Gasteiger partial charge is 0.263 e. The molecule has 1 aromatic heterocycles. The molecule has 1 heterocycles. The van der Waals surface area contributed by atoms with Crippen LogP contribution >= 0.6 is 15.9 Å². The number of anilines is 1. The van der Waals surface area contributed by atoms with Gasteiger partial charge in [-0.2, -0.15) is 0 Å². The summed E-state index contributed by atoms with van der Waals surface area (Å²) in [5, 5.41) is 2.72. The first-order chi connectivity index (χ1) is 9.95.